The van der Waals surface area contributed by atoms with Gasteiger partial charge in [-0.15, -0.1) is 0 Å². The van der Waals surface area contributed by atoms with Gasteiger partial charge < -0.3 is 15.2 Å². The van der Waals surface area contributed by atoms with Gasteiger partial charge in [0.2, 0.25) is 0 Å². The van der Waals surface area contributed by atoms with E-state index in [9.17, 15) is 9.59 Å². The number of aliphatic carboxylic acids is 1. The first-order valence-corrected chi connectivity index (χ1v) is 4.66. The van der Waals surface area contributed by atoms with Gasteiger partial charge in [0.25, 0.3) is 0 Å². The van der Waals surface area contributed by atoms with E-state index in [0.717, 1.165) is 0 Å². The van der Waals surface area contributed by atoms with Crippen molar-refractivity contribution in [1.29, 1.82) is 0 Å². The molecule has 0 spiro atoms. The highest BCUT2D eigenvalue weighted by atomic mass is 16.7. The van der Waals surface area contributed by atoms with E-state index in [-0.39, 0.29) is 0 Å². The Morgan fingerprint density at radius 2 is 1.94 bits per heavy atom. The van der Waals surface area contributed by atoms with Crippen LogP contribution in [-0.4, -0.2) is 30.8 Å². The van der Waals surface area contributed by atoms with Crippen molar-refractivity contribution in [1.82, 2.24) is 5.48 Å². The van der Waals surface area contributed by atoms with Crippen LogP contribution >= 0.6 is 0 Å². The van der Waals surface area contributed by atoms with Crippen molar-refractivity contribution < 1.29 is 24.3 Å². The van der Waals surface area contributed by atoms with Gasteiger partial charge in [0, 0.05) is 5.69 Å². The summed E-state index contributed by atoms with van der Waals surface area (Å²) in [5, 5.41) is 10.7. The quantitative estimate of drug-likeness (QED) is 0.662. The number of methoxy groups -OCH3 is 1. The van der Waals surface area contributed by atoms with E-state index >= 15 is 0 Å². The minimum absolute atomic E-state index is 0.530. The molecule has 3 N–H and O–H groups in total. The summed E-state index contributed by atoms with van der Waals surface area (Å²) in [6.07, 6.45) is 0. The Kier molecular flexibility index (Phi) is 4.77. The molecule has 0 aliphatic heterocycles. The Bertz CT molecular complexity index is 390. The number of benzene rings is 1. The second kappa shape index (κ2) is 6.33. The summed E-state index contributed by atoms with van der Waals surface area (Å²) in [5.74, 6) is -0.507. The number of carbonyl (C=O) groups excluding carboxylic acids is 1. The number of carboxylic acids is 1. The van der Waals surface area contributed by atoms with Gasteiger partial charge in [0.1, 0.15) is 5.75 Å². The molecule has 0 aliphatic rings. The molecule has 17 heavy (non-hydrogen) atoms. The van der Waals surface area contributed by atoms with Gasteiger partial charge in [0.05, 0.1) is 7.11 Å². The first kappa shape index (κ1) is 12.8. The number of hydroxylamine groups is 1. The Labute approximate surface area is 97.3 Å². The molecular formula is C10H12N2O5. The number of carboxylic acid groups (broad SMARTS) is 1. The van der Waals surface area contributed by atoms with Gasteiger partial charge in [-0.1, -0.05) is 0 Å². The molecule has 7 heteroatoms. The number of carbonyl (C=O) groups is 2. The van der Waals surface area contributed by atoms with Crippen LogP contribution in [0.2, 0.25) is 0 Å². The summed E-state index contributed by atoms with van der Waals surface area (Å²) in [5.41, 5.74) is 2.46. The predicted molar refractivity (Wildman–Crippen MR) is 58.7 cm³/mol. The molecule has 0 aliphatic carbocycles. The van der Waals surface area contributed by atoms with Crippen LogP contribution in [0.15, 0.2) is 24.3 Å². The molecule has 0 radical (unpaired) electrons. The normalized spacial score (nSPS) is 9.47. The maximum absolute atomic E-state index is 11.2. The van der Waals surface area contributed by atoms with Crippen LogP contribution in [0.1, 0.15) is 0 Å². The maximum Gasteiger partial charge on any atom is 0.343 e. The summed E-state index contributed by atoms with van der Waals surface area (Å²) in [4.78, 5) is 25.7. The molecule has 0 fully saturated rings. The largest absolute Gasteiger partial charge is 0.497 e. The van der Waals surface area contributed by atoms with Gasteiger partial charge in [-0.3, -0.25) is 4.84 Å². The third kappa shape index (κ3) is 4.85. The van der Waals surface area contributed by atoms with Crippen molar-refractivity contribution in [3.63, 3.8) is 0 Å². The maximum atomic E-state index is 11.2. The smallest absolute Gasteiger partial charge is 0.343 e. The van der Waals surface area contributed by atoms with Crippen LogP contribution in [0.4, 0.5) is 10.5 Å². The zero-order valence-electron chi connectivity index (χ0n) is 9.10. The van der Waals surface area contributed by atoms with E-state index in [1.165, 1.54) is 7.11 Å². The SMILES string of the molecule is COc1ccc(NC(=O)NOCC(=O)O)cc1. The van der Waals surface area contributed by atoms with Gasteiger partial charge in [0.15, 0.2) is 6.61 Å². The highest BCUT2D eigenvalue weighted by Crippen LogP contribution is 2.14. The Morgan fingerprint density at radius 3 is 2.47 bits per heavy atom. The molecule has 0 atom stereocenters. The number of rotatable bonds is 5. The first-order valence-electron chi connectivity index (χ1n) is 4.66. The van der Waals surface area contributed by atoms with Crippen molar-refractivity contribution in [2.75, 3.05) is 19.0 Å². The van der Waals surface area contributed by atoms with Gasteiger partial charge in [-0.2, -0.15) is 0 Å². The van der Waals surface area contributed by atoms with Crippen LogP contribution in [0, 0.1) is 0 Å². The monoisotopic (exact) mass is 240 g/mol. The molecule has 0 heterocycles. The number of amides is 2. The van der Waals surface area contributed by atoms with Crippen LogP contribution in [0.5, 0.6) is 5.75 Å². The number of hydrogen-bond acceptors (Lipinski definition) is 4. The summed E-state index contributed by atoms with van der Waals surface area (Å²) < 4.78 is 4.95. The van der Waals surface area contributed by atoms with E-state index < -0.39 is 18.6 Å². The number of nitrogens with one attached hydrogen (secondary N) is 2. The number of urea groups is 1. The van der Waals surface area contributed by atoms with E-state index in [4.69, 9.17) is 9.84 Å². The highest BCUT2D eigenvalue weighted by molar-refractivity contribution is 5.88. The summed E-state index contributed by atoms with van der Waals surface area (Å²) in [7, 11) is 1.54. The summed E-state index contributed by atoms with van der Waals surface area (Å²) in [6, 6.07) is 5.96. The second-order valence-electron chi connectivity index (χ2n) is 2.97. The van der Waals surface area contributed by atoms with Crippen LogP contribution in [0.25, 0.3) is 0 Å². The molecule has 0 bridgehead atoms. The van der Waals surface area contributed by atoms with Crippen molar-refractivity contribution in [2.45, 2.75) is 0 Å². The lowest BCUT2D eigenvalue weighted by molar-refractivity contribution is -0.143. The van der Waals surface area contributed by atoms with E-state index in [2.05, 4.69) is 10.2 Å². The molecule has 7 nitrogen and oxygen atoms in total. The molecule has 0 aromatic heterocycles. The van der Waals surface area contributed by atoms with E-state index in [0.29, 0.717) is 11.4 Å². The second-order valence-corrected chi connectivity index (χ2v) is 2.97. The minimum Gasteiger partial charge on any atom is -0.497 e. The third-order valence-corrected chi connectivity index (χ3v) is 1.71. The zero-order chi connectivity index (χ0) is 12.7. The van der Waals surface area contributed by atoms with Gasteiger partial charge >= 0.3 is 12.0 Å². The molecule has 1 aromatic carbocycles. The lowest BCUT2D eigenvalue weighted by Gasteiger charge is -2.07. The zero-order valence-corrected chi connectivity index (χ0v) is 9.10. The fourth-order valence-electron chi connectivity index (χ4n) is 0.994. The van der Waals surface area contributed by atoms with E-state index in [1.54, 1.807) is 24.3 Å². The average molecular weight is 240 g/mol. The molecule has 2 amide bonds. The Hall–Kier alpha value is -2.28. The van der Waals surface area contributed by atoms with Crippen molar-refractivity contribution in [3.8, 4) is 5.75 Å². The van der Waals surface area contributed by atoms with Crippen LogP contribution in [-0.2, 0) is 9.63 Å². The summed E-state index contributed by atoms with van der Waals surface area (Å²) in [6.45, 7) is -0.601. The molecular weight excluding hydrogens is 228 g/mol. The summed E-state index contributed by atoms with van der Waals surface area (Å²) >= 11 is 0. The number of hydrogen-bond donors (Lipinski definition) is 3. The minimum atomic E-state index is -1.17. The fraction of sp³-hybridized carbons (Fsp3) is 0.200. The van der Waals surface area contributed by atoms with Gasteiger partial charge in [-0.25, -0.2) is 15.1 Å². The van der Waals surface area contributed by atoms with Crippen molar-refractivity contribution in [2.24, 2.45) is 0 Å². The highest BCUT2D eigenvalue weighted by Gasteiger charge is 2.03. The molecule has 0 unspecified atom stereocenters. The number of anilines is 1. The van der Waals surface area contributed by atoms with Crippen molar-refractivity contribution >= 4 is 17.7 Å². The van der Waals surface area contributed by atoms with E-state index in [1.807, 2.05) is 5.48 Å². The third-order valence-electron chi connectivity index (χ3n) is 1.71. The molecule has 92 valence electrons. The molecule has 0 saturated carbocycles. The molecule has 1 aromatic rings. The van der Waals surface area contributed by atoms with Crippen molar-refractivity contribution in [3.05, 3.63) is 24.3 Å². The van der Waals surface area contributed by atoms with Gasteiger partial charge in [-0.05, 0) is 24.3 Å². The standard InChI is InChI=1S/C10H12N2O5/c1-16-8-4-2-7(3-5-8)11-10(15)12-17-6-9(13)14/h2-5H,6H2,1H3,(H,13,14)(H2,11,12,15). The van der Waals surface area contributed by atoms with Crippen LogP contribution < -0.4 is 15.5 Å². The lowest BCUT2D eigenvalue weighted by Crippen LogP contribution is -2.30. The first-order chi connectivity index (χ1) is 8.11. The Balaban J connectivity index is 2.37. The Morgan fingerprint density at radius 1 is 1.29 bits per heavy atom. The fourth-order valence-corrected chi connectivity index (χ4v) is 0.994. The topological polar surface area (TPSA) is 96.9 Å². The lowest BCUT2D eigenvalue weighted by atomic mass is 10.3. The molecule has 0 saturated heterocycles. The average Bonchev–Trinajstić information content (AvgIpc) is 2.29. The predicted octanol–water partition coefficient (Wildman–Crippen LogP) is 0.833. The van der Waals surface area contributed by atoms with Crippen LogP contribution in [0.3, 0.4) is 0 Å². The molecule has 1 rings (SSSR count). The number of ether oxygens (including phenoxy) is 1.